The Kier molecular flexibility index (Phi) is 5.71. The molecule has 1 aromatic heterocycles. The average Bonchev–Trinajstić information content (AvgIpc) is 3.11. The highest BCUT2D eigenvalue weighted by atomic mass is 127. The Labute approximate surface area is 154 Å². The molecule has 0 atom stereocenters. The van der Waals surface area contributed by atoms with Crippen LogP contribution in [0.1, 0.15) is 11.1 Å². The van der Waals surface area contributed by atoms with Crippen molar-refractivity contribution < 1.29 is 4.42 Å². The molecular weight excluding hydrogens is 415 g/mol. The molecule has 0 saturated carbocycles. The molecule has 0 fully saturated rings. The highest BCUT2D eigenvalue weighted by Gasteiger charge is 2.06. The maximum absolute atomic E-state index is 5.33. The Morgan fingerprint density at radius 2 is 1.92 bits per heavy atom. The highest BCUT2D eigenvalue weighted by Crippen LogP contribution is 2.28. The standard InChI is InChI=1S/C18H17IN4O/c1-20-9-13-2-4-14(5-3-13)10-22-23-15-6-7-16(17(19)8-15)18-11-21-12-24-18/h2-8,11-12,20H,9-10H2,1H3. The molecule has 2 aromatic carbocycles. The molecule has 0 bridgehead atoms. The fourth-order valence-corrected chi connectivity index (χ4v) is 3.04. The first-order valence-electron chi connectivity index (χ1n) is 7.54. The fraction of sp³-hybridized carbons (Fsp3) is 0.167. The molecule has 0 aliphatic rings. The summed E-state index contributed by atoms with van der Waals surface area (Å²) in [6.07, 6.45) is 3.14. The maximum Gasteiger partial charge on any atom is 0.181 e. The van der Waals surface area contributed by atoms with Crippen LogP contribution in [-0.4, -0.2) is 12.0 Å². The average molecular weight is 432 g/mol. The zero-order valence-electron chi connectivity index (χ0n) is 13.2. The zero-order chi connectivity index (χ0) is 16.8. The number of halogens is 1. The minimum Gasteiger partial charge on any atom is -0.443 e. The summed E-state index contributed by atoms with van der Waals surface area (Å²) in [5.74, 6) is 0.754. The Balaban J connectivity index is 1.65. The number of rotatable bonds is 6. The van der Waals surface area contributed by atoms with Crippen molar-refractivity contribution in [3.05, 3.63) is 69.8 Å². The van der Waals surface area contributed by atoms with Gasteiger partial charge in [-0.05, 0) is 59.0 Å². The summed E-state index contributed by atoms with van der Waals surface area (Å²) in [4.78, 5) is 3.95. The number of hydrogen-bond donors (Lipinski definition) is 1. The number of nitrogens with zero attached hydrogens (tertiary/aromatic N) is 3. The van der Waals surface area contributed by atoms with Crippen LogP contribution in [0.25, 0.3) is 11.3 Å². The second-order valence-corrected chi connectivity index (χ2v) is 6.44. The lowest BCUT2D eigenvalue weighted by Crippen LogP contribution is -2.04. The second-order valence-electron chi connectivity index (χ2n) is 5.28. The molecule has 0 aliphatic carbocycles. The van der Waals surface area contributed by atoms with Gasteiger partial charge in [0.05, 0.1) is 18.4 Å². The second kappa shape index (κ2) is 8.16. The van der Waals surface area contributed by atoms with Gasteiger partial charge < -0.3 is 9.73 Å². The molecule has 24 heavy (non-hydrogen) atoms. The van der Waals surface area contributed by atoms with Gasteiger partial charge in [0.25, 0.3) is 0 Å². The lowest BCUT2D eigenvalue weighted by molar-refractivity contribution is 0.571. The van der Waals surface area contributed by atoms with E-state index in [0.717, 1.165) is 32.7 Å². The molecule has 0 unspecified atom stereocenters. The van der Waals surface area contributed by atoms with Gasteiger partial charge in [-0.1, -0.05) is 24.3 Å². The van der Waals surface area contributed by atoms with Crippen molar-refractivity contribution in [3.8, 4) is 11.3 Å². The summed E-state index contributed by atoms with van der Waals surface area (Å²) >= 11 is 2.27. The summed E-state index contributed by atoms with van der Waals surface area (Å²) in [5, 5.41) is 11.7. The Hall–Kier alpha value is -2.06. The lowest BCUT2D eigenvalue weighted by atomic mass is 10.1. The van der Waals surface area contributed by atoms with Crippen LogP contribution in [0.5, 0.6) is 0 Å². The van der Waals surface area contributed by atoms with Gasteiger partial charge in [0.2, 0.25) is 0 Å². The first-order chi connectivity index (χ1) is 11.8. The van der Waals surface area contributed by atoms with E-state index in [4.69, 9.17) is 4.42 Å². The van der Waals surface area contributed by atoms with Gasteiger partial charge in [0, 0.05) is 15.7 Å². The van der Waals surface area contributed by atoms with Crippen molar-refractivity contribution in [1.29, 1.82) is 0 Å². The minimum atomic E-state index is 0.570. The zero-order valence-corrected chi connectivity index (χ0v) is 15.4. The van der Waals surface area contributed by atoms with E-state index >= 15 is 0 Å². The van der Waals surface area contributed by atoms with Gasteiger partial charge in [-0.15, -0.1) is 0 Å². The molecule has 0 radical (unpaired) electrons. The summed E-state index contributed by atoms with van der Waals surface area (Å²) < 4.78 is 6.38. The largest absolute Gasteiger partial charge is 0.443 e. The highest BCUT2D eigenvalue weighted by molar-refractivity contribution is 14.1. The molecule has 1 heterocycles. The first kappa shape index (κ1) is 16.8. The third kappa shape index (κ3) is 4.27. The number of azo groups is 1. The summed E-state index contributed by atoms with van der Waals surface area (Å²) in [5.41, 5.74) is 4.24. The number of oxazole rings is 1. The normalized spacial score (nSPS) is 11.2. The number of benzene rings is 2. The summed E-state index contributed by atoms with van der Waals surface area (Å²) in [6.45, 7) is 1.44. The van der Waals surface area contributed by atoms with Crippen molar-refractivity contribution >= 4 is 28.3 Å². The van der Waals surface area contributed by atoms with Crippen LogP contribution in [-0.2, 0) is 13.1 Å². The van der Waals surface area contributed by atoms with Gasteiger partial charge in [-0.2, -0.15) is 10.2 Å². The van der Waals surface area contributed by atoms with Gasteiger partial charge in [-0.3, -0.25) is 0 Å². The van der Waals surface area contributed by atoms with Crippen molar-refractivity contribution in [2.75, 3.05) is 7.05 Å². The van der Waals surface area contributed by atoms with E-state index in [9.17, 15) is 0 Å². The third-order valence-corrected chi connectivity index (χ3v) is 4.39. The van der Waals surface area contributed by atoms with E-state index in [1.165, 1.54) is 12.0 Å². The van der Waals surface area contributed by atoms with Crippen molar-refractivity contribution in [2.24, 2.45) is 10.2 Å². The van der Waals surface area contributed by atoms with E-state index in [-0.39, 0.29) is 0 Å². The molecule has 3 aromatic rings. The Morgan fingerprint density at radius 1 is 1.12 bits per heavy atom. The van der Waals surface area contributed by atoms with Crippen LogP contribution >= 0.6 is 22.6 Å². The van der Waals surface area contributed by atoms with E-state index in [0.29, 0.717) is 6.54 Å². The van der Waals surface area contributed by atoms with Crippen molar-refractivity contribution in [3.63, 3.8) is 0 Å². The molecular formula is C18H17IN4O. The summed E-state index contributed by atoms with van der Waals surface area (Å²) in [7, 11) is 1.94. The molecule has 1 N–H and O–H groups in total. The van der Waals surface area contributed by atoms with Crippen LogP contribution in [0.2, 0.25) is 0 Å². The molecule has 0 saturated heterocycles. The Bertz CT molecular complexity index is 814. The summed E-state index contributed by atoms with van der Waals surface area (Å²) in [6, 6.07) is 14.3. The first-order valence-corrected chi connectivity index (χ1v) is 8.62. The monoisotopic (exact) mass is 432 g/mol. The number of aromatic nitrogens is 1. The van der Waals surface area contributed by atoms with Crippen LogP contribution in [0, 0.1) is 3.57 Å². The van der Waals surface area contributed by atoms with E-state index in [2.05, 4.69) is 67.4 Å². The van der Waals surface area contributed by atoms with Crippen molar-refractivity contribution in [1.82, 2.24) is 10.3 Å². The number of nitrogens with one attached hydrogen (secondary N) is 1. The van der Waals surface area contributed by atoms with Crippen molar-refractivity contribution in [2.45, 2.75) is 13.1 Å². The molecule has 6 heteroatoms. The van der Waals surface area contributed by atoms with Crippen LogP contribution in [0.3, 0.4) is 0 Å². The predicted molar refractivity (Wildman–Crippen MR) is 102 cm³/mol. The lowest BCUT2D eigenvalue weighted by Gasteiger charge is -2.02. The molecule has 0 spiro atoms. The van der Waals surface area contributed by atoms with Crippen LogP contribution in [0.4, 0.5) is 5.69 Å². The molecule has 5 nitrogen and oxygen atoms in total. The van der Waals surface area contributed by atoms with E-state index in [1.807, 2.05) is 25.2 Å². The minimum absolute atomic E-state index is 0.570. The van der Waals surface area contributed by atoms with Gasteiger partial charge in [0.15, 0.2) is 12.2 Å². The topological polar surface area (TPSA) is 62.8 Å². The van der Waals surface area contributed by atoms with Gasteiger partial charge >= 0.3 is 0 Å². The SMILES string of the molecule is CNCc1ccc(CN=Nc2ccc(-c3cnco3)c(I)c2)cc1. The van der Waals surface area contributed by atoms with E-state index in [1.54, 1.807) is 6.20 Å². The van der Waals surface area contributed by atoms with Gasteiger partial charge in [-0.25, -0.2) is 4.98 Å². The third-order valence-electron chi connectivity index (χ3n) is 3.49. The predicted octanol–water partition coefficient (Wildman–Crippen LogP) is 4.95. The molecule has 0 aliphatic heterocycles. The van der Waals surface area contributed by atoms with E-state index < -0.39 is 0 Å². The number of hydrogen-bond acceptors (Lipinski definition) is 5. The van der Waals surface area contributed by atoms with Gasteiger partial charge in [0.1, 0.15) is 0 Å². The molecule has 122 valence electrons. The maximum atomic E-state index is 5.33. The smallest absolute Gasteiger partial charge is 0.181 e. The Morgan fingerprint density at radius 3 is 2.58 bits per heavy atom. The molecule has 0 amide bonds. The quantitative estimate of drug-likeness (QED) is 0.443. The van der Waals surface area contributed by atoms with Crippen LogP contribution < -0.4 is 5.32 Å². The fourth-order valence-electron chi connectivity index (χ4n) is 2.28. The van der Waals surface area contributed by atoms with Crippen LogP contribution in [0.15, 0.2) is 69.7 Å². The molecule has 3 rings (SSSR count).